The molecule has 3 heteroatoms. The molecular weight excluding hydrogens is 260 g/mol. The van der Waals surface area contributed by atoms with Crippen molar-refractivity contribution in [2.45, 2.75) is 0 Å². The van der Waals surface area contributed by atoms with E-state index in [0.717, 1.165) is 23.1 Å². The summed E-state index contributed by atoms with van der Waals surface area (Å²) in [5, 5.41) is 4.22. The summed E-state index contributed by atoms with van der Waals surface area (Å²) in [5.41, 5.74) is 3.16. The number of carbonyl (C=O) groups is 1. The smallest absolute Gasteiger partial charge is 0.150 e. The Morgan fingerprint density at radius 3 is 2.57 bits per heavy atom. The molecule has 0 saturated heterocycles. The molecule has 0 amide bonds. The van der Waals surface area contributed by atoms with Gasteiger partial charge in [0.1, 0.15) is 6.29 Å². The molecule has 0 radical (unpaired) electrons. The van der Waals surface area contributed by atoms with Crippen molar-refractivity contribution in [1.82, 2.24) is 9.78 Å². The number of aldehydes is 1. The molecule has 0 saturated carbocycles. The van der Waals surface area contributed by atoms with E-state index in [1.165, 1.54) is 0 Å². The van der Waals surface area contributed by atoms with Crippen LogP contribution in [0.15, 0.2) is 67.0 Å². The van der Waals surface area contributed by atoms with Gasteiger partial charge in [0.15, 0.2) is 0 Å². The number of aromatic nitrogens is 2. The van der Waals surface area contributed by atoms with Crippen molar-refractivity contribution in [2.24, 2.45) is 0 Å². The van der Waals surface area contributed by atoms with Gasteiger partial charge in [-0.3, -0.25) is 4.79 Å². The molecule has 0 bridgehead atoms. The van der Waals surface area contributed by atoms with Crippen LogP contribution in [0.25, 0.3) is 5.69 Å². The Kier molecular flexibility index (Phi) is 3.62. The SMILES string of the molecule is O=Cc1ccc(-n2cccn2)c(C#Cc2ccccc2)c1. The van der Waals surface area contributed by atoms with Gasteiger partial charge in [0.2, 0.25) is 0 Å². The van der Waals surface area contributed by atoms with Crippen molar-refractivity contribution < 1.29 is 4.79 Å². The summed E-state index contributed by atoms with van der Waals surface area (Å²) in [5.74, 6) is 6.23. The Hall–Kier alpha value is -3.12. The maximum Gasteiger partial charge on any atom is 0.150 e. The molecule has 0 atom stereocenters. The van der Waals surface area contributed by atoms with Gasteiger partial charge in [-0.25, -0.2) is 4.68 Å². The van der Waals surface area contributed by atoms with Crippen LogP contribution >= 0.6 is 0 Å². The van der Waals surface area contributed by atoms with Gasteiger partial charge in [-0.1, -0.05) is 30.0 Å². The van der Waals surface area contributed by atoms with Crippen molar-refractivity contribution in [3.8, 4) is 17.5 Å². The van der Waals surface area contributed by atoms with E-state index in [4.69, 9.17) is 0 Å². The molecular formula is C18H12N2O. The van der Waals surface area contributed by atoms with Gasteiger partial charge in [-0.15, -0.1) is 0 Å². The van der Waals surface area contributed by atoms with Crippen LogP contribution in [0.4, 0.5) is 0 Å². The lowest BCUT2D eigenvalue weighted by atomic mass is 10.1. The molecule has 0 fully saturated rings. The van der Waals surface area contributed by atoms with Crippen molar-refractivity contribution >= 4 is 6.29 Å². The fraction of sp³-hybridized carbons (Fsp3) is 0. The summed E-state index contributed by atoms with van der Waals surface area (Å²) in [6, 6.07) is 17.0. The van der Waals surface area contributed by atoms with Crippen LogP contribution in [-0.4, -0.2) is 16.1 Å². The van der Waals surface area contributed by atoms with Crippen LogP contribution in [-0.2, 0) is 0 Å². The van der Waals surface area contributed by atoms with E-state index in [-0.39, 0.29) is 0 Å². The van der Waals surface area contributed by atoms with Crippen molar-refractivity contribution in [2.75, 3.05) is 0 Å². The maximum atomic E-state index is 11.0. The van der Waals surface area contributed by atoms with Gasteiger partial charge >= 0.3 is 0 Å². The van der Waals surface area contributed by atoms with Gasteiger partial charge in [-0.05, 0) is 36.4 Å². The molecule has 100 valence electrons. The van der Waals surface area contributed by atoms with E-state index >= 15 is 0 Å². The van der Waals surface area contributed by atoms with Gasteiger partial charge in [0, 0.05) is 23.5 Å². The van der Waals surface area contributed by atoms with Gasteiger partial charge in [-0.2, -0.15) is 5.10 Å². The second-order valence-electron chi connectivity index (χ2n) is 4.46. The predicted octanol–water partition coefficient (Wildman–Crippen LogP) is 3.08. The lowest BCUT2D eigenvalue weighted by Gasteiger charge is -2.05. The van der Waals surface area contributed by atoms with Crippen LogP contribution in [0.3, 0.4) is 0 Å². The summed E-state index contributed by atoms with van der Waals surface area (Å²) >= 11 is 0. The van der Waals surface area contributed by atoms with Crippen LogP contribution < -0.4 is 0 Å². The average Bonchev–Trinajstić information content (AvgIpc) is 3.08. The second kappa shape index (κ2) is 5.89. The lowest BCUT2D eigenvalue weighted by Crippen LogP contribution is -1.99. The van der Waals surface area contributed by atoms with Crippen LogP contribution in [0.2, 0.25) is 0 Å². The van der Waals surface area contributed by atoms with Gasteiger partial charge < -0.3 is 0 Å². The van der Waals surface area contributed by atoms with E-state index in [2.05, 4.69) is 16.9 Å². The average molecular weight is 272 g/mol. The molecule has 1 aromatic heterocycles. The highest BCUT2D eigenvalue weighted by Crippen LogP contribution is 2.14. The zero-order chi connectivity index (χ0) is 14.5. The predicted molar refractivity (Wildman–Crippen MR) is 81.4 cm³/mol. The fourth-order valence-electron chi connectivity index (χ4n) is 2.00. The third-order valence-electron chi connectivity index (χ3n) is 3.02. The molecule has 21 heavy (non-hydrogen) atoms. The number of rotatable bonds is 2. The molecule has 3 nitrogen and oxygen atoms in total. The van der Waals surface area contributed by atoms with Gasteiger partial charge in [0.25, 0.3) is 0 Å². The van der Waals surface area contributed by atoms with Crippen LogP contribution in [0, 0.1) is 11.8 Å². The normalized spacial score (nSPS) is 9.71. The van der Waals surface area contributed by atoms with Crippen LogP contribution in [0.5, 0.6) is 0 Å². The first-order valence-corrected chi connectivity index (χ1v) is 6.53. The molecule has 0 spiro atoms. The Labute approximate surface area is 122 Å². The minimum absolute atomic E-state index is 0.600. The molecule has 0 aliphatic carbocycles. The number of benzene rings is 2. The van der Waals surface area contributed by atoms with Crippen molar-refractivity contribution in [3.63, 3.8) is 0 Å². The first kappa shape index (κ1) is 12.9. The fourth-order valence-corrected chi connectivity index (χ4v) is 2.00. The summed E-state index contributed by atoms with van der Waals surface area (Å²) in [4.78, 5) is 11.0. The summed E-state index contributed by atoms with van der Waals surface area (Å²) in [6.45, 7) is 0. The second-order valence-corrected chi connectivity index (χ2v) is 4.46. The molecule has 2 aromatic carbocycles. The van der Waals surface area contributed by atoms with Crippen molar-refractivity contribution in [3.05, 3.63) is 83.7 Å². The summed E-state index contributed by atoms with van der Waals surface area (Å²) < 4.78 is 1.74. The zero-order valence-electron chi connectivity index (χ0n) is 11.2. The van der Waals surface area contributed by atoms with E-state index < -0.39 is 0 Å². The van der Waals surface area contributed by atoms with E-state index in [0.29, 0.717) is 5.56 Å². The Bertz CT molecular complexity index is 809. The maximum absolute atomic E-state index is 11.0. The quantitative estimate of drug-likeness (QED) is 0.531. The highest BCUT2D eigenvalue weighted by Gasteiger charge is 2.04. The zero-order valence-corrected chi connectivity index (χ0v) is 11.2. The lowest BCUT2D eigenvalue weighted by molar-refractivity contribution is 0.112. The van der Waals surface area contributed by atoms with E-state index in [1.807, 2.05) is 48.7 Å². The number of nitrogens with zero attached hydrogens (tertiary/aromatic N) is 2. The molecule has 3 aromatic rings. The number of carbonyl (C=O) groups excluding carboxylic acids is 1. The van der Waals surface area contributed by atoms with Crippen LogP contribution in [0.1, 0.15) is 21.5 Å². The monoisotopic (exact) mass is 272 g/mol. The highest BCUT2D eigenvalue weighted by molar-refractivity contribution is 5.77. The minimum atomic E-state index is 0.600. The molecule has 0 N–H and O–H groups in total. The first-order valence-electron chi connectivity index (χ1n) is 6.53. The molecule has 1 heterocycles. The molecule has 0 aliphatic rings. The largest absolute Gasteiger partial charge is 0.298 e. The third-order valence-corrected chi connectivity index (χ3v) is 3.02. The first-order chi connectivity index (χ1) is 10.4. The Balaban J connectivity index is 2.08. The summed E-state index contributed by atoms with van der Waals surface area (Å²) in [7, 11) is 0. The standard InChI is InChI=1S/C18H12N2O/c21-14-16-8-10-18(20-12-4-11-19-20)17(13-16)9-7-15-5-2-1-3-6-15/h1-6,8,10-14H. The molecule has 0 unspecified atom stereocenters. The Morgan fingerprint density at radius 1 is 1.00 bits per heavy atom. The minimum Gasteiger partial charge on any atom is -0.298 e. The van der Waals surface area contributed by atoms with Gasteiger partial charge in [0.05, 0.1) is 11.3 Å². The highest BCUT2D eigenvalue weighted by atomic mass is 16.1. The van der Waals surface area contributed by atoms with E-state index in [1.54, 1.807) is 23.0 Å². The molecule has 0 aliphatic heterocycles. The van der Waals surface area contributed by atoms with E-state index in [9.17, 15) is 4.79 Å². The summed E-state index contributed by atoms with van der Waals surface area (Å²) in [6.07, 6.45) is 4.38. The molecule has 3 rings (SSSR count). The van der Waals surface area contributed by atoms with Crippen molar-refractivity contribution in [1.29, 1.82) is 0 Å². The number of hydrogen-bond donors (Lipinski definition) is 0. The number of hydrogen-bond acceptors (Lipinski definition) is 2. The topological polar surface area (TPSA) is 34.9 Å². The third kappa shape index (κ3) is 2.90. The Morgan fingerprint density at radius 2 is 1.86 bits per heavy atom.